The van der Waals surface area contributed by atoms with Gasteiger partial charge in [0.25, 0.3) is 0 Å². The molecule has 0 N–H and O–H groups in total. The average Bonchev–Trinajstić information content (AvgIpc) is 1.85. The second-order valence-corrected chi connectivity index (χ2v) is 1.68. The fraction of sp³-hybridized carbons (Fsp3) is 0.167. The minimum Gasteiger partial charge on any atom is -0.424 e. The van der Waals surface area contributed by atoms with Crippen LogP contribution in [0.15, 0.2) is 24.0 Å². The first-order valence-corrected chi connectivity index (χ1v) is 2.29. The smallest absolute Gasteiger partial charge is 0.339 e. The molecular formula is C6H6O2. The van der Waals surface area contributed by atoms with Gasteiger partial charge >= 0.3 is 5.97 Å². The largest absolute Gasteiger partial charge is 0.424 e. The van der Waals surface area contributed by atoms with Crippen LogP contribution < -0.4 is 0 Å². The van der Waals surface area contributed by atoms with Crippen LogP contribution in [-0.4, -0.2) is 5.97 Å². The summed E-state index contributed by atoms with van der Waals surface area (Å²) >= 11 is 0. The van der Waals surface area contributed by atoms with Crippen molar-refractivity contribution in [1.29, 1.82) is 0 Å². The maximum absolute atomic E-state index is 10.4. The molecule has 0 aromatic heterocycles. The monoisotopic (exact) mass is 110 g/mol. The number of rotatable bonds is 0. The number of hydrogen-bond donors (Lipinski definition) is 0. The molecule has 0 radical (unpaired) electrons. The van der Waals surface area contributed by atoms with Crippen molar-refractivity contribution in [2.24, 2.45) is 0 Å². The zero-order valence-electron chi connectivity index (χ0n) is 4.60. The highest BCUT2D eigenvalue weighted by Gasteiger charge is 2.13. The quantitative estimate of drug-likeness (QED) is 0.435. The van der Waals surface area contributed by atoms with Gasteiger partial charge in [-0.15, -0.1) is 0 Å². The van der Waals surface area contributed by atoms with Gasteiger partial charge in [0.05, 0.1) is 0 Å². The molecule has 1 aliphatic rings. The van der Waals surface area contributed by atoms with E-state index in [-0.39, 0.29) is 5.97 Å². The van der Waals surface area contributed by atoms with Crippen molar-refractivity contribution in [1.82, 2.24) is 0 Å². The number of carbonyl (C=O) groups is 1. The lowest BCUT2D eigenvalue weighted by molar-refractivity contribution is -0.133. The standard InChI is InChI=1S/C6H6O2/c1-4-3-5(2)8-6(4)7/h3H,2H2,1H3. The topological polar surface area (TPSA) is 26.3 Å². The molecule has 0 fully saturated rings. The highest BCUT2D eigenvalue weighted by Crippen LogP contribution is 2.12. The Labute approximate surface area is 47.5 Å². The van der Waals surface area contributed by atoms with Crippen LogP contribution in [-0.2, 0) is 9.53 Å². The van der Waals surface area contributed by atoms with Crippen molar-refractivity contribution in [2.75, 3.05) is 0 Å². The Morgan fingerprint density at radius 3 is 2.50 bits per heavy atom. The van der Waals surface area contributed by atoms with E-state index in [0.717, 1.165) is 0 Å². The first-order chi connectivity index (χ1) is 3.70. The van der Waals surface area contributed by atoms with E-state index >= 15 is 0 Å². The number of cyclic esters (lactones) is 1. The molecule has 0 atom stereocenters. The molecule has 0 saturated heterocycles. The van der Waals surface area contributed by atoms with E-state index in [0.29, 0.717) is 11.3 Å². The van der Waals surface area contributed by atoms with E-state index in [9.17, 15) is 4.79 Å². The Bertz CT molecular complexity index is 177. The zero-order chi connectivity index (χ0) is 6.15. The molecule has 1 rings (SSSR count). The highest BCUT2D eigenvalue weighted by molar-refractivity contribution is 5.91. The van der Waals surface area contributed by atoms with Crippen LogP contribution in [0.4, 0.5) is 0 Å². The lowest BCUT2D eigenvalue weighted by Crippen LogP contribution is -1.93. The number of carbonyl (C=O) groups excluding carboxylic acids is 1. The van der Waals surface area contributed by atoms with Crippen LogP contribution in [0.3, 0.4) is 0 Å². The summed E-state index contributed by atoms with van der Waals surface area (Å²) in [7, 11) is 0. The Kier molecular flexibility index (Phi) is 0.938. The molecule has 0 bridgehead atoms. The lowest BCUT2D eigenvalue weighted by Gasteiger charge is -1.88. The first kappa shape index (κ1) is 5.09. The van der Waals surface area contributed by atoms with Gasteiger partial charge in [0.15, 0.2) is 0 Å². The Morgan fingerprint density at radius 2 is 2.38 bits per heavy atom. The Morgan fingerprint density at radius 1 is 1.75 bits per heavy atom. The van der Waals surface area contributed by atoms with Crippen LogP contribution in [0.25, 0.3) is 0 Å². The van der Waals surface area contributed by atoms with Crippen molar-refractivity contribution < 1.29 is 9.53 Å². The minimum atomic E-state index is -0.282. The number of esters is 1. The van der Waals surface area contributed by atoms with Crippen molar-refractivity contribution >= 4 is 5.97 Å². The van der Waals surface area contributed by atoms with Gasteiger partial charge in [-0.2, -0.15) is 0 Å². The van der Waals surface area contributed by atoms with Crippen molar-refractivity contribution in [3.63, 3.8) is 0 Å². The summed E-state index contributed by atoms with van der Waals surface area (Å²) in [5, 5.41) is 0. The summed E-state index contributed by atoms with van der Waals surface area (Å²) in [5.74, 6) is 0.155. The molecule has 1 aliphatic heterocycles. The third-order valence-electron chi connectivity index (χ3n) is 0.923. The van der Waals surface area contributed by atoms with E-state index in [1.165, 1.54) is 0 Å². The third-order valence-corrected chi connectivity index (χ3v) is 0.923. The van der Waals surface area contributed by atoms with E-state index in [1.54, 1.807) is 13.0 Å². The third kappa shape index (κ3) is 0.644. The van der Waals surface area contributed by atoms with E-state index < -0.39 is 0 Å². The maximum atomic E-state index is 10.4. The van der Waals surface area contributed by atoms with Gasteiger partial charge in [-0.1, -0.05) is 6.58 Å². The van der Waals surface area contributed by atoms with E-state index in [4.69, 9.17) is 0 Å². The Hall–Kier alpha value is -1.05. The van der Waals surface area contributed by atoms with Crippen LogP contribution in [0.2, 0.25) is 0 Å². The fourth-order valence-corrected chi connectivity index (χ4v) is 0.529. The summed E-state index contributed by atoms with van der Waals surface area (Å²) in [5.41, 5.74) is 0.620. The summed E-state index contributed by atoms with van der Waals surface area (Å²) in [6, 6.07) is 0. The van der Waals surface area contributed by atoms with Gasteiger partial charge in [0, 0.05) is 5.57 Å². The van der Waals surface area contributed by atoms with E-state index in [1.807, 2.05) is 0 Å². The molecule has 0 spiro atoms. The number of hydrogen-bond acceptors (Lipinski definition) is 2. The molecule has 0 unspecified atom stereocenters. The van der Waals surface area contributed by atoms with Crippen LogP contribution in [0.1, 0.15) is 6.92 Å². The molecule has 2 nitrogen and oxygen atoms in total. The lowest BCUT2D eigenvalue weighted by atomic mass is 10.3. The van der Waals surface area contributed by atoms with Gasteiger partial charge in [-0.05, 0) is 13.0 Å². The van der Waals surface area contributed by atoms with Crippen molar-refractivity contribution in [2.45, 2.75) is 6.92 Å². The SMILES string of the molecule is C=C1C=C(C)C(=O)O1. The molecule has 1 heterocycles. The number of allylic oxidation sites excluding steroid dienone is 1. The highest BCUT2D eigenvalue weighted by atomic mass is 16.5. The fourth-order valence-electron chi connectivity index (χ4n) is 0.529. The van der Waals surface area contributed by atoms with Crippen LogP contribution in [0.5, 0.6) is 0 Å². The normalized spacial score (nSPS) is 18.4. The molecule has 42 valence electrons. The molecule has 8 heavy (non-hydrogen) atoms. The predicted octanol–water partition coefficient (Wildman–Crippen LogP) is 1.00. The van der Waals surface area contributed by atoms with Crippen LogP contribution in [0, 0.1) is 0 Å². The zero-order valence-corrected chi connectivity index (χ0v) is 4.60. The average molecular weight is 110 g/mol. The molecule has 0 amide bonds. The van der Waals surface area contributed by atoms with Crippen LogP contribution >= 0.6 is 0 Å². The molecular weight excluding hydrogens is 104 g/mol. The summed E-state index contributed by atoms with van der Waals surface area (Å²) in [6.07, 6.45) is 1.61. The van der Waals surface area contributed by atoms with Gasteiger partial charge in [-0.3, -0.25) is 0 Å². The molecule has 0 aromatic rings. The van der Waals surface area contributed by atoms with Gasteiger partial charge in [0.1, 0.15) is 5.76 Å². The predicted molar refractivity (Wildman–Crippen MR) is 29.0 cm³/mol. The molecule has 0 aromatic carbocycles. The van der Waals surface area contributed by atoms with Gasteiger partial charge in [-0.25, -0.2) is 4.79 Å². The minimum absolute atomic E-state index is 0.282. The second kappa shape index (κ2) is 1.47. The van der Waals surface area contributed by atoms with E-state index in [2.05, 4.69) is 11.3 Å². The van der Waals surface area contributed by atoms with Gasteiger partial charge in [0.2, 0.25) is 0 Å². The van der Waals surface area contributed by atoms with Crippen molar-refractivity contribution in [3.05, 3.63) is 24.0 Å². The first-order valence-electron chi connectivity index (χ1n) is 2.29. The van der Waals surface area contributed by atoms with Gasteiger partial charge < -0.3 is 4.74 Å². The summed E-state index contributed by atoms with van der Waals surface area (Å²) in [4.78, 5) is 10.4. The summed E-state index contributed by atoms with van der Waals surface area (Å²) in [6.45, 7) is 5.13. The van der Waals surface area contributed by atoms with Crippen molar-refractivity contribution in [3.8, 4) is 0 Å². The summed E-state index contributed by atoms with van der Waals surface area (Å²) < 4.78 is 4.55. The Balaban J connectivity index is 2.88. The molecule has 2 heteroatoms. The molecule has 0 saturated carbocycles. The number of ether oxygens (including phenoxy) is 1. The maximum Gasteiger partial charge on any atom is 0.339 e. The molecule has 0 aliphatic carbocycles. The second-order valence-electron chi connectivity index (χ2n) is 1.68.